The van der Waals surface area contributed by atoms with Crippen LogP contribution in [-0.2, 0) is 14.3 Å². The van der Waals surface area contributed by atoms with E-state index >= 15 is 0 Å². The molecule has 0 aromatic carbocycles. The summed E-state index contributed by atoms with van der Waals surface area (Å²) in [6.07, 6.45) is 1.54. The topological polar surface area (TPSA) is 43.4 Å². The Morgan fingerprint density at radius 3 is 2.56 bits per heavy atom. The van der Waals surface area contributed by atoms with Crippen LogP contribution in [-0.4, -0.2) is 18.4 Å². The zero-order valence-corrected chi connectivity index (χ0v) is 12.1. The monoisotopic (exact) mass is 286 g/mol. The largest absolute Gasteiger partial charge is 0.462 e. The lowest BCUT2D eigenvalue weighted by molar-refractivity contribution is -0.140. The van der Waals surface area contributed by atoms with Crippen LogP contribution in [0.1, 0.15) is 25.6 Å². The van der Waals surface area contributed by atoms with Gasteiger partial charge in [-0.3, -0.25) is 4.79 Å². The quantitative estimate of drug-likeness (QED) is 0.360. The molecule has 98 valence electrons. The molecule has 1 aromatic heterocycles. The molecule has 0 radical (unpaired) electrons. The average molecular weight is 287 g/mol. The molecule has 0 unspecified atom stereocenters. The average Bonchev–Trinajstić information content (AvgIpc) is 2.71. The highest BCUT2D eigenvalue weighted by molar-refractivity contribution is 7.17. The number of rotatable bonds is 5. The lowest BCUT2D eigenvalue weighted by Gasteiger charge is -2.08. The second-order valence-electron chi connectivity index (χ2n) is 3.94. The van der Waals surface area contributed by atoms with Gasteiger partial charge in [0, 0.05) is 10.8 Å². The molecule has 0 aliphatic carbocycles. The third-order valence-corrected chi connectivity index (χ3v) is 3.34. The van der Waals surface area contributed by atoms with Crippen molar-refractivity contribution in [1.82, 2.24) is 0 Å². The van der Waals surface area contributed by atoms with Crippen molar-refractivity contribution >= 4 is 40.8 Å². The van der Waals surface area contributed by atoms with Gasteiger partial charge in [-0.05, 0) is 25.1 Å². The first-order chi connectivity index (χ1) is 8.45. The molecule has 0 aliphatic rings. The first-order valence-electron chi connectivity index (χ1n) is 5.64. The van der Waals surface area contributed by atoms with Gasteiger partial charge in [0.25, 0.3) is 0 Å². The molecule has 3 nitrogen and oxygen atoms in total. The first kappa shape index (κ1) is 14.9. The number of Topliss-reactive ketones (excluding diaryl/α,β-unsaturated/α-hetero) is 1. The van der Waals surface area contributed by atoms with E-state index in [0.29, 0.717) is 4.34 Å². The zero-order valence-electron chi connectivity index (χ0n) is 10.5. The molecule has 0 N–H and O–H groups in total. The fraction of sp³-hybridized carbons (Fsp3) is 0.385. The van der Waals surface area contributed by atoms with Crippen molar-refractivity contribution < 1.29 is 14.3 Å². The van der Waals surface area contributed by atoms with E-state index in [9.17, 15) is 9.59 Å². The van der Waals surface area contributed by atoms with E-state index in [0.717, 1.165) is 4.88 Å². The van der Waals surface area contributed by atoms with E-state index in [1.807, 2.05) is 0 Å². The summed E-state index contributed by atoms with van der Waals surface area (Å²) < 4.78 is 5.51. The van der Waals surface area contributed by atoms with Gasteiger partial charge in [0.05, 0.1) is 10.9 Å². The van der Waals surface area contributed by atoms with Crippen molar-refractivity contribution in [1.29, 1.82) is 0 Å². The molecule has 1 rings (SSSR count). The summed E-state index contributed by atoms with van der Waals surface area (Å²) in [6, 6.07) is 3.49. The highest BCUT2D eigenvalue weighted by atomic mass is 35.5. The normalized spacial score (nSPS) is 11.7. The number of hydrogen-bond acceptors (Lipinski definition) is 4. The van der Waals surface area contributed by atoms with E-state index < -0.39 is 5.97 Å². The summed E-state index contributed by atoms with van der Waals surface area (Å²) in [5, 5.41) is 0. The predicted molar refractivity (Wildman–Crippen MR) is 73.8 cm³/mol. The first-order valence-corrected chi connectivity index (χ1v) is 6.83. The molecule has 0 spiro atoms. The van der Waals surface area contributed by atoms with E-state index in [-0.39, 0.29) is 23.9 Å². The van der Waals surface area contributed by atoms with Crippen LogP contribution in [0.2, 0.25) is 4.34 Å². The predicted octanol–water partition coefficient (Wildman–Crippen LogP) is 3.57. The molecule has 18 heavy (non-hydrogen) atoms. The van der Waals surface area contributed by atoms with Gasteiger partial charge in [-0.15, -0.1) is 11.3 Å². The fourth-order valence-electron chi connectivity index (χ4n) is 1.30. The lowest BCUT2D eigenvalue weighted by Crippen LogP contribution is -2.19. The maximum absolute atomic E-state index is 12.0. The van der Waals surface area contributed by atoms with Crippen LogP contribution in [0.3, 0.4) is 0 Å². The van der Waals surface area contributed by atoms with Gasteiger partial charge in [-0.1, -0.05) is 25.4 Å². The Labute approximate surface area is 115 Å². The minimum absolute atomic E-state index is 0.0744. The fourth-order valence-corrected chi connectivity index (χ4v) is 2.30. The van der Waals surface area contributed by atoms with Crippen LogP contribution in [0.15, 0.2) is 17.7 Å². The van der Waals surface area contributed by atoms with Crippen LogP contribution in [0.5, 0.6) is 0 Å². The van der Waals surface area contributed by atoms with Crippen molar-refractivity contribution in [3.63, 3.8) is 0 Å². The lowest BCUT2D eigenvalue weighted by atomic mass is 10.0. The second-order valence-corrected chi connectivity index (χ2v) is 5.69. The summed E-state index contributed by atoms with van der Waals surface area (Å²) in [7, 11) is 0. The number of carbonyl (C=O) groups excluding carboxylic acids is 2. The smallest absolute Gasteiger partial charge is 0.341 e. The molecular weight excluding hydrogens is 272 g/mol. The summed E-state index contributed by atoms with van der Waals surface area (Å²) in [5.74, 6) is -1.06. The van der Waals surface area contributed by atoms with Crippen molar-refractivity contribution in [2.24, 2.45) is 5.92 Å². The molecule has 0 bridgehead atoms. The maximum Gasteiger partial charge on any atom is 0.341 e. The Hall–Kier alpha value is -1.13. The molecule has 0 saturated carbocycles. The summed E-state index contributed by atoms with van der Waals surface area (Å²) in [6.45, 7) is 5.44. The second kappa shape index (κ2) is 6.71. The maximum atomic E-state index is 12.0. The van der Waals surface area contributed by atoms with Gasteiger partial charge in [-0.2, -0.15) is 0 Å². The Kier molecular flexibility index (Phi) is 5.56. The number of ether oxygens (including phenoxy) is 1. The van der Waals surface area contributed by atoms with Gasteiger partial charge in [-0.25, -0.2) is 4.79 Å². The van der Waals surface area contributed by atoms with Gasteiger partial charge < -0.3 is 4.74 Å². The Morgan fingerprint density at radius 2 is 2.11 bits per heavy atom. The van der Waals surface area contributed by atoms with E-state index in [4.69, 9.17) is 16.3 Å². The Bertz CT molecular complexity index is 474. The summed E-state index contributed by atoms with van der Waals surface area (Å²) in [4.78, 5) is 24.5. The van der Waals surface area contributed by atoms with Crippen molar-refractivity contribution in [2.45, 2.75) is 20.8 Å². The van der Waals surface area contributed by atoms with Crippen molar-refractivity contribution in [2.75, 3.05) is 6.61 Å². The summed E-state index contributed by atoms with van der Waals surface area (Å²) >= 11 is 7.12. The van der Waals surface area contributed by atoms with Crippen molar-refractivity contribution in [3.8, 4) is 0 Å². The number of hydrogen-bond donors (Lipinski definition) is 0. The number of ketones is 1. The Morgan fingerprint density at radius 1 is 1.44 bits per heavy atom. The highest BCUT2D eigenvalue weighted by Crippen LogP contribution is 2.24. The van der Waals surface area contributed by atoms with Gasteiger partial charge >= 0.3 is 5.97 Å². The van der Waals surface area contributed by atoms with Crippen LogP contribution in [0.25, 0.3) is 6.08 Å². The number of carbonyl (C=O) groups is 2. The SMILES string of the molecule is CCOC(=O)C(=Cc1ccc(Cl)s1)C(=O)C(C)C. The van der Waals surface area contributed by atoms with Gasteiger partial charge in [0.15, 0.2) is 5.78 Å². The van der Waals surface area contributed by atoms with E-state index in [2.05, 4.69) is 0 Å². The standard InChI is InChI=1S/C13H15ClO3S/c1-4-17-13(16)10(12(15)8(2)3)7-9-5-6-11(14)18-9/h5-8H,4H2,1-3H3. The minimum atomic E-state index is -0.583. The third-order valence-electron chi connectivity index (χ3n) is 2.17. The number of esters is 1. The molecule has 0 amide bonds. The summed E-state index contributed by atoms with van der Waals surface area (Å²) in [5.41, 5.74) is 0.0744. The van der Waals surface area contributed by atoms with Crippen LogP contribution >= 0.6 is 22.9 Å². The minimum Gasteiger partial charge on any atom is -0.462 e. The highest BCUT2D eigenvalue weighted by Gasteiger charge is 2.22. The van der Waals surface area contributed by atoms with Crippen LogP contribution in [0, 0.1) is 5.92 Å². The van der Waals surface area contributed by atoms with Crippen molar-refractivity contribution in [3.05, 3.63) is 26.9 Å². The number of halogens is 1. The van der Waals surface area contributed by atoms with Crippen LogP contribution in [0.4, 0.5) is 0 Å². The van der Waals surface area contributed by atoms with E-state index in [1.54, 1.807) is 32.9 Å². The Balaban J connectivity index is 3.07. The van der Waals surface area contributed by atoms with Gasteiger partial charge in [0.2, 0.25) is 0 Å². The third kappa shape index (κ3) is 3.96. The molecule has 0 saturated heterocycles. The van der Waals surface area contributed by atoms with Crippen LogP contribution < -0.4 is 0 Å². The molecular formula is C13H15ClO3S. The number of thiophene rings is 1. The molecule has 0 atom stereocenters. The molecule has 5 heteroatoms. The van der Waals surface area contributed by atoms with E-state index in [1.165, 1.54) is 17.4 Å². The van der Waals surface area contributed by atoms with Gasteiger partial charge in [0.1, 0.15) is 5.57 Å². The molecule has 0 fully saturated rings. The zero-order chi connectivity index (χ0) is 13.7. The molecule has 0 aliphatic heterocycles. The molecule has 1 aromatic rings. The molecule has 1 heterocycles.